The standard InChI is InChI=1S/C10H18N2O3/c1-7(10(14)15-3)11-6-9(13)12(2)8-4-5-8/h7-8,11H,4-6H2,1-3H3. The minimum atomic E-state index is -0.438. The zero-order valence-electron chi connectivity index (χ0n) is 9.45. The molecule has 86 valence electrons. The molecule has 1 N–H and O–H groups in total. The van der Waals surface area contributed by atoms with Gasteiger partial charge in [-0.3, -0.25) is 14.9 Å². The monoisotopic (exact) mass is 214 g/mol. The van der Waals surface area contributed by atoms with Crippen LogP contribution in [0.5, 0.6) is 0 Å². The maximum absolute atomic E-state index is 11.6. The normalized spacial score (nSPS) is 17.0. The molecule has 0 aromatic heterocycles. The highest BCUT2D eigenvalue weighted by molar-refractivity contribution is 5.80. The Morgan fingerprint density at radius 1 is 1.53 bits per heavy atom. The number of likely N-dealkylation sites (N-methyl/N-ethyl adjacent to an activating group) is 1. The largest absolute Gasteiger partial charge is 0.468 e. The van der Waals surface area contributed by atoms with Gasteiger partial charge in [0.1, 0.15) is 6.04 Å². The van der Waals surface area contributed by atoms with Gasteiger partial charge in [-0.25, -0.2) is 0 Å². The molecule has 0 saturated heterocycles. The summed E-state index contributed by atoms with van der Waals surface area (Å²) in [5, 5.41) is 2.83. The van der Waals surface area contributed by atoms with Crippen LogP contribution in [0.2, 0.25) is 0 Å². The SMILES string of the molecule is COC(=O)C(C)NCC(=O)N(C)C1CC1. The Kier molecular flexibility index (Phi) is 4.08. The minimum Gasteiger partial charge on any atom is -0.468 e. The van der Waals surface area contributed by atoms with Gasteiger partial charge in [-0.1, -0.05) is 0 Å². The average Bonchev–Trinajstić information content (AvgIpc) is 3.06. The second-order valence-corrected chi connectivity index (χ2v) is 3.86. The molecule has 1 amide bonds. The molecule has 5 heteroatoms. The summed E-state index contributed by atoms with van der Waals surface area (Å²) in [6, 6.07) is -0.0284. The van der Waals surface area contributed by atoms with Crippen molar-refractivity contribution in [1.82, 2.24) is 10.2 Å². The number of carbonyl (C=O) groups excluding carboxylic acids is 2. The van der Waals surface area contributed by atoms with E-state index in [4.69, 9.17) is 0 Å². The Labute approximate surface area is 89.8 Å². The van der Waals surface area contributed by atoms with E-state index in [1.807, 2.05) is 0 Å². The molecule has 0 heterocycles. The van der Waals surface area contributed by atoms with Crippen LogP contribution in [-0.2, 0) is 14.3 Å². The van der Waals surface area contributed by atoms with E-state index in [0.717, 1.165) is 12.8 Å². The van der Waals surface area contributed by atoms with Crippen LogP contribution < -0.4 is 5.32 Å². The van der Waals surface area contributed by atoms with Crippen LogP contribution in [-0.4, -0.2) is 49.6 Å². The number of amides is 1. The van der Waals surface area contributed by atoms with Crippen molar-refractivity contribution < 1.29 is 14.3 Å². The fourth-order valence-corrected chi connectivity index (χ4v) is 1.29. The summed E-state index contributed by atoms with van der Waals surface area (Å²) in [5.41, 5.74) is 0. The molecule has 0 bridgehead atoms. The Hall–Kier alpha value is -1.10. The van der Waals surface area contributed by atoms with Crippen molar-refractivity contribution in [2.24, 2.45) is 0 Å². The average molecular weight is 214 g/mol. The molecule has 1 aliphatic rings. The number of nitrogens with zero attached hydrogens (tertiary/aromatic N) is 1. The maximum Gasteiger partial charge on any atom is 0.322 e. The van der Waals surface area contributed by atoms with Gasteiger partial charge in [0.15, 0.2) is 0 Å². The van der Waals surface area contributed by atoms with Crippen LogP contribution in [0.15, 0.2) is 0 Å². The van der Waals surface area contributed by atoms with Crippen LogP contribution in [0.1, 0.15) is 19.8 Å². The van der Waals surface area contributed by atoms with Crippen LogP contribution in [0.4, 0.5) is 0 Å². The summed E-state index contributed by atoms with van der Waals surface area (Å²) in [4.78, 5) is 24.3. The molecule has 1 rings (SSSR count). The van der Waals surface area contributed by atoms with Gasteiger partial charge in [0.25, 0.3) is 0 Å². The lowest BCUT2D eigenvalue weighted by Gasteiger charge is -2.18. The molecule has 0 radical (unpaired) electrons. The van der Waals surface area contributed by atoms with Crippen LogP contribution >= 0.6 is 0 Å². The van der Waals surface area contributed by atoms with E-state index in [1.54, 1.807) is 18.9 Å². The number of carbonyl (C=O) groups is 2. The topological polar surface area (TPSA) is 58.6 Å². The fourth-order valence-electron chi connectivity index (χ4n) is 1.29. The Morgan fingerprint density at radius 2 is 2.13 bits per heavy atom. The lowest BCUT2D eigenvalue weighted by atomic mass is 10.3. The summed E-state index contributed by atoms with van der Waals surface area (Å²) in [7, 11) is 3.13. The number of hydrogen-bond donors (Lipinski definition) is 1. The molecular weight excluding hydrogens is 196 g/mol. The van der Waals surface area contributed by atoms with E-state index in [9.17, 15) is 9.59 Å². The van der Waals surface area contributed by atoms with E-state index in [1.165, 1.54) is 7.11 Å². The number of rotatable bonds is 5. The first-order valence-corrected chi connectivity index (χ1v) is 5.13. The first-order chi connectivity index (χ1) is 7.06. The van der Waals surface area contributed by atoms with Gasteiger partial charge in [0.05, 0.1) is 13.7 Å². The molecule has 0 aromatic carbocycles. The molecule has 0 aromatic rings. The van der Waals surface area contributed by atoms with Crippen LogP contribution in [0.3, 0.4) is 0 Å². The number of methoxy groups -OCH3 is 1. The first-order valence-electron chi connectivity index (χ1n) is 5.13. The third kappa shape index (κ3) is 3.51. The third-order valence-electron chi connectivity index (χ3n) is 2.60. The van der Waals surface area contributed by atoms with Crippen molar-refractivity contribution in [1.29, 1.82) is 0 Å². The molecule has 15 heavy (non-hydrogen) atoms. The summed E-state index contributed by atoms with van der Waals surface area (Å²) in [5.74, 6) is -0.329. The number of nitrogens with one attached hydrogen (secondary N) is 1. The van der Waals surface area contributed by atoms with Gasteiger partial charge in [-0.05, 0) is 19.8 Å². The van der Waals surface area contributed by atoms with Crippen LogP contribution in [0.25, 0.3) is 0 Å². The van der Waals surface area contributed by atoms with Gasteiger partial charge in [0.2, 0.25) is 5.91 Å². The molecular formula is C10H18N2O3. The number of ether oxygens (including phenoxy) is 1. The summed E-state index contributed by atoms with van der Waals surface area (Å²) >= 11 is 0. The fraction of sp³-hybridized carbons (Fsp3) is 0.800. The zero-order valence-corrected chi connectivity index (χ0v) is 9.45. The summed E-state index contributed by atoms with van der Waals surface area (Å²) < 4.78 is 4.54. The molecule has 1 aliphatic carbocycles. The van der Waals surface area contributed by atoms with E-state index in [2.05, 4.69) is 10.1 Å². The van der Waals surface area contributed by atoms with Crippen molar-refractivity contribution in [2.45, 2.75) is 31.8 Å². The van der Waals surface area contributed by atoms with E-state index in [0.29, 0.717) is 6.04 Å². The highest BCUT2D eigenvalue weighted by Crippen LogP contribution is 2.24. The van der Waals surface area contributed by atoms with Gasteiger partial charge in [-0.15, -0.1) is 0 Å². The maximum atomic E-state index is 11.6. The zero-order chi connectivity index (χ0) is 11.4. The van der Waals surface area contributed by atoms with Gasteiger partial charge >= 0.3 is 5.97 Å². The van der Waals surface area contributed by atoms with E-state index >= 15 is 0 Å². The van der Waals surface area contributed by atoms with Crippen molar-refractivity contribution in [3.05, 3.63) is 0 Å². The molecule has 1 unspecified atom stereocenters. The smallest absolute Gasteiger partial charge is 0.322 e. The Bertz CT molecular complexity index is 251. The molecule has 0 aliphatic heterocycles. The summed E-state index contributed by atoms with van der Waals surface area (Å²) in [6.45, 7) is 1.86. The minimum absolute atomic E-state index is 0.0215. The summed E-state index contributed by atoms with van der Waals surface area (Å²) in [6.07, 6.45) is 2.18. The molecule has 1 saturated carbocycles. The van der Waals surface area contributed by atoms with Crippen LogP contribution in [0, 0.1) is 0 Å². The van der Waals surface area contributed by atoms with Gasteiger partial charge in [-0.2, -0.15) is 0 Å². The molecule has 5 nitrogen and oxygen atoms in total. The van der Waals surface area contributed by atoms with Crippen molar-refractivity contribution in [2.75, 3.05) is 20.7 Å². The van der Waals surface area contributed by atoms with Crippen molar-refractivity contribution >= 4 is 11.9 Å². The van der Waals surface area contributed by atoms with Crippen molar-refractivity contribution in [3.8, 4) is 0 Å². The molecule has 1 atom stereocenters. The number of esters is 1. The predicted molar refractivity (Wildman–Crippen MR) is 55.3 cm³/mol. The predicted octanol–water partition coefficient (Wildman–Crippen LogP) is -0.242. The molecule has 0 spiro atoms. The second-order valence-electron chi connectivity index (χ2n) is 3.86. The van der Waals surface area contributed by atoms with Crippen molar-refractivity contribution in [3.63, 3.8) is 0 Å². The first kappa shape index (κ1) is 12.0. The van der Waals surface area contributed by atoms with E-state index < -0.39 is 6.04 Å². The third-order valence-corrected chi connectivity index (χ3v) is 2.60. The lowest BCUT2D eigenvalue weighted by molar-refractivity contribution is -0.142. The van der Waals surface area contributed by atoms with Gasteiger partial charge in [0, 0.05) is 13.1 Å². The number of hydrogen-bond acceptors (Lipinski definition) is 4. The quantitative estimate of drug-likeness (QED) is 0.642. The Balaban J connectivity index is 2.23. The van der Waals surface area contributed by atoms with Gasteiger partial charge < -0.3 is 9.64 Å². The van der Waals surface area contributed by atoms with E-state index in [-0.39, 0.29) is 18.4 Å². The highest BCUT2D eigenvalue weighted by atomic mass is 16.5. The highest BCUT2D eigenvalue weighted by Gasteiger charge is 2.29. The molecule has 1 fully saturated rings. The Morgan fingerprint density at radius 3 is 2.60 bits per heavy atom. The lowest BCUT2D eigenvalue weighted by Crippen LogP contribution is -2.43. The second kappa shape index (κ2) is 5.11.